The monoisotopic (exact) mass is 818 g/mol. The number of imide groups is 1. The number of piperidine rings is 1. The van der Waals surface area contributed by atoms with Crippen molar-refractivity contribution < 1.29 is 37.1 Å². The molecule has 3 heterocycles. The van der Waals surface area contributed by atoms with Crippen LogP contribution in [0, 0.1) is 11.3 Å². The third-order valence-corrected chi connectivity index (χ3v) is 11.0. The maximum absolute atomic E-state index is 13.8. The zero-order valence-electron chi connectivity index (χ0n) is 32.6. The molecule has 0 radical (unpaired) electrons. The molecule has 1 unspecified atom stereocenters. The summed E-state index contributed by atoms with van der Waals surface area (Å²) in [4.78, 5) is 57.4. The van der Waals surface area contributed by atoms with Crippen LogP contribution in [0.5, 0.6) is 5.75 Å². The highest BCUT2D eigenvalue weighted by Gasteiger charge is 2.51. The summed E-state index contributed by atoms with van der Waals surface area (Å²) in [7, 11) is 0. The molecule has 3 aromatic rings. The first-order valence-corrected chi connectivity index (χ1v) is 19.4. The molecule has 58 heavy (non-hydrogen) atoms. The third-order valence-electron chi connectivity index (χ3n) is 10.6. The molecule has 0 spiro atoms. The average molecular weight is 819 g/mol. The van der Waals surface area contributed by atoms with Crippen LogP contribution in [0.25, 0.3) is 0 Å². The van der Waals surface area contributed by atoms with Gasteiger partial charge in [-0.3, -0.25) is 39.2 Å². The van der Waals surface area contributed by atoms with E-state index in [1.807, 2.05) is 19.1 Å². The summed E-state index contributed by atoms with van der Waals surface area (Å²) in [6.07, 6.45) is -3.53. The van der Waals surface area contributed by atoms with E-state index in [1.165, 1.54) is 6.07 Å². The first-order valence-electron chi connectivity index (χ1n) is 19.0. The number of thiocarbonyl (C=S) groups is 1. The maximum Gasteiger partial charge on any atom is 0.417 e. The van der Waals surface area contributed by atoms with Gasteiger partial charge in [0, 0.05) is 55.7 Å². The Bertz CT molecular complexity index is 2160. The second kappa shape index (κ2) is 17.1. The van der Waals surface area contributed by atoms with Gasteiger partial charge >= 0.3 is 6.18 Å². The highest BCUT2D eigenvalue weighted by atomic mass is 32.1. The van der Waals surface area contributed by atoms with E-state index in [1.54, 1.807) is 55.1 Å². The van der Waals surface area contributed by atoms with Gasteiger partial charge in [0.2, 0.25) is 17.7 Å². The summed E-state index contributed by atoms with van der Waals surface area (Å²) in [6, 6.07) is 16.8. The molecule has 2 atom stereocenters. The summed E-state index contributed by atoms with van der Waals surface area (Å²) in [5.74, 6) is -0.647. The molecule has 0 saturated carbocycles. The lowest BCUT2D eigenvalue weighted by atomic mass is 10.0. The number of halogens is 3. The van der Waals surface area contributed by atoms with Crippen LogP contribution in [0.2, 0.25) is 0 Å². The van der Waals surface area contributed by atoms with Crippen molar-refractivity contribution in [1.82, 2.24) is 15.1 Å². The molecule has 3 aliphatic rings. The predicted molar refractivity (Wildman–Crippen MR) is 216 cm³/mol. The standard InChI is InChI=1S/C41H45F3N8O5S/c1-5-26-19-31(52-39(58)51(38(56)40(52,3)4)30-10-9-27(22-45)32(21-30)41(42,43)44)11-13-34(26)57-18-17-49-15-16-50(25(2)23-49)24-36(54)47-29-8-6-7-28(20-29)46-33-12-14-35(53)48-37(33)55/h6-11,13,19-21,25,33,46H,5,12,14-18,23-24H2,1-4H3,(H,47,54)(H,48,53,55)/t25-,33?/m1/s1. The topological polar surface area (TPSA) is 150 Å². The summed E-state index contributed by atoms with van der Waals surface area (Å²) in [6.45, 7) is 10.8. The van der Waals surface area contributed by atoms with Gasteiger partial charge in [-0.2, -0.15) is 18.4 Å². The first-order chi connectivity index (χ1) is 27.5. The average Bonchev–Trinajstić information content (AvgIpc) is 3.35. The number of nitrogens with one attached hydrogen (secondary N) is 3. The third kappa shape index (κ3) is 9.09. The Morgan fingerprint density at radius 1 is 1.05 bits per heavy atom. The maximum atomic E-state index is 13.8. The van der Waals surface area contributed by atoms with Gasteiger partial charge in [-0.1, -0.05) is 13.0 Å². The number of carbonyl (C=O) groups is 4. The van der Waals surface area contributed by atoms with Gasteiger partial charge in [-0.15, -0.1) is 0 Å². The molecular weight excluding hydrogens is 774 g/mol. The number of alkyl halides is 3. The van der Waals surface area contributed by atoms with Crippen LogP contribution in [0.1, 0.15) is 57.2 Å². The van der Waals surface area contributed by atoms with E-state index in [4.69, 9.17) is 17.0 Å². The summed E-state index contributed by atoms with van der Waals surface area (Å²) < 4.78 is 47.6. The zero-order chi connectivity index (χ0) is 41.9. The fraction of sp³-hybridized carbons (Fsp3) is 0.415. The minimum atomic E-state index is -4.80. The normalized spacial score (nSPS) is 20.2. The largest absolute Gasteiger partial charge is 0.492 e. The molecule has 0 aliphatic carbocycles. The van der Waals surface area contributed by atoms with Crippen molar-refractivity contribution in [3.63, 3.8) is 0 Å². The van der Waals surface area contributed by atoms with Gasteiger partial charge in [0.05, 0.1) is 29.4 Å². The number of benzene rings is 3. The number of hydrogen-bond acceptors (Lipinski definition) is 10. The van der Waals surface area contributed by atoms with Crippen molar-refractivity contribution in [2.75, 3.05) is 59.8 Å². The van der Waals surface area contributed by atoms with Crippen LogP contribution < -0.4 is 30.5 Å². The van der Waals surface area contributed by atoms with Crippen LogP contribution in [-0.4, -0.2) is 95.5 Å². The Kier molecular flexibility index (Phi) is 12.4. The molecule has 3 aromatic carbocycles. The van der Waals surface area contributed by atoms with E-state index in [0.29, 0.717) is 55.3 Å². The number of anilines is 4. The quantitative estimate of drug-likeness (QED) is 0.162. The van der Waals surface area contributed by atoms with Crippen LogP contribution in [0.3, 0.4) is 0 Å². The number of nitriles is 1. The molecule has 306 valence electrons. The molecule has 4 amide bonds. The number of rotatable bonds is 12. The SMILES string of the molecule is CCc1cc(N2C(=S)N(c3ccc(C#N)c(C(F)(F)F)c3)C(=O)C2(C)C)ccc1OCCN1CCN(CC(=O)Nc2cccc(NC3CCC(=O)NC3=O)c2)[C@H](C)C1. The zero-order valence-corrected chi connectivity index (χ0v) is 33.4. The molecule has 17 heteroatoms. The molecule has 0 bridgehead atoms. The molecule has 3 N–H and O–H groups in total. The van der Waals surface area contributed by atoms with Crippen molar-refractivity contribution in [3.8, 4) is 11.8 Å². The van der Waals surface area contributed by atoms with Gasteiger partial charge in [0.25, 0.3) is 5.91 Å². The van der Waals surface area contributed by atoms with Gasteiger partial charge in [-0.25, -0.2) is 0 Å². The van der Waals surface area contributed by atoms with E-state index in [0.717, 1.165) is 35.7 Å². The molecule has 3 saturated heterocycles. The number of hydrogen-bond donors (Lipinski definition) is 3. The summed E-state index contributed by atoms with van der Waals surface area (Å²) in [5, 5.41) is 17.7. The number of ether oxygens (including phenoxy) is 1. The van der Waals surface area contributed by atoms with Crippen molar-refractivity contribution in [2.24, 2.45) is 0 Å². The van der Waals surface area contributed by atoms with Gasteiger partial charge in [0.15, 0.2) is 5.11 Å². The fourth-order valence-corrected chi connectivity index (χ4v) is 8.00. The smallest absolute Gasteiger partial charge is 0.417 e. The van der Waals surface area contributed by atoms with Crippen LogP contribution in [0.15, 0.2) is 60.7 Å². The second-order valence-corrected chi connectivity index (χ2v) is 15.4. The minimum absolute atomic E-state index is 0.0165. The lowest BCUT2D eigenvalue weighted by Crippen LogP contribution is -2.54. The van der Waals surface area contributed by atoms with Gasteiger partial charge < -0.3 is 20.3 Å². The highest BCUT2D eigenvalue weighted by molar-refractivity contribution is 7.81. The Balaban J connectivity index is 1.01. The van der Waals surface area contributed by atoms with Crippen LogP contribution in [-0.2, 0) is 31.8 Å². The van der Waals surface area contributed by atoms with Crippen molar-refractivity contribution in [2.45, 2.75) is 70.8 Å². The summed E-state index contributed by atoms with van der Waals surface area (Å²) in [5.41, 5.74) is -0.279. The lowest BCUT2D eigenvalue weighted by Gasteiger charge is -2.39. The minimum Gasteiger partial charge on any atom is -0.492 e. The fourth-order valence-electron chi connectivity index (χ4n) is 7.48. The van der Waals surface area contributed by atoms with E-state index >= 15 is 0 Å². The number of piperazine rings is 1. The molecule has 13 nitrogen and oxygen atoms in total. The second-order valence-electron chi connectivity index (χ2n) is 15.0. The molecule has 0 aromatic heterocycles. The predicted octanol–water partition coefficient (Wildman–Crippen LogP) is 5.30. The van der Waals surface area contributed by atoms with E-state index in [2.05, 4.69) is 32.7 Å². The van der Waals surface area contributed by atoms with E-state index < -0.39 is 34.8 Å². The van der Waals surface area contributed by atoms with E-state index in [9.17, 15) is 37.6 Å². The first kappa shape index (κ1) is 42.0. The Morgan fingerprint density at radius 2 is 1.79 bits per heavy atom. The van der Waals surface area contributed by atoms with Gasteiger partial charge in [0.1, 0.15) is 23.9 Å². The Morgan fingerprint density at radius 3 is 2.48 bits per heavy atom. The Hall–Kier alpha value is -5.57. The molecule has 3 fully saturated rings. The number of amides is 4. The van der Waals surface area contributed by atoms with Crippen LogP contribution >= 0.6 is 12.2 Å². The Labute approximate surface area is 340 Å². The molecule has 3 aliphatic heterocycles. The molecule has 6 rings (SSSR count). The lowest BCUT2D eigenvalue weighted by molar-refractivity contribution is -0.138. The van der Waals surface area contributed by atoms with Crippen molar-refractivity contribution >= 4 is 63.7 Å². The summed E-state index contributed by atoms with van der Waals surface area (Å²) >= 11 is 5.71. The van der Waals surface area contributed by atoms with Crippen molar-refractivity contribution in [1.29, 1.82) is 5.26 Å². The van der Waals surface area contributed by atoms with Crippen LogP contribution in [0.4, 0.5) is 35.9 Å². The van der Waals surface area contributed by atoms with Crippen molar-refractivity contribution in [3.05, 3.63) is 77.4 Å². The van der Waals surface area contributed by atoms with Gasteiger partial charge in [-0.05, 0) is 106 Å². The van der Waals surface area contributed by atoms with E-state index in [-0.39, 0.29) is 47.5 Å². The number of carbonyl (C=O) groups excluding carboxylic acids is 4. The molecular formula is C41H45F3N8O5S. The highest BCUT2D eigenvalue weighted by Crippen LogP contribution is 2.40. The number of nitrogens with zero attached hydrogens (tertiary/aromatic N) is 5. The number of aryl methyl sites for hydroxylation is 1.